The number of benzene rings is 1. The van der Waals surface area contributed by atoms with E-state index in [-0.39, 0.29) is 18.0 Å². The zero-order chi connectivity index (χ0) is 27.0. The second-order valence-corrected chi connectivity index (χ2v) is 9.45. The van der Waals surface area contributed by atoms with Crippen LogP contribution in [0.3, 0.4) is 0 Å². The number of likely N-dealkylation sites (tertiary alicyclic amines) is 1. The summed E-state index contributed by atoms with van der Waals surface area (Å²) in [7, 11) is 0. The maximum absolute atomic E-state index is 14.8. The fraction of sp³-hybridized carbons (Fsp3) is 0.400. The molecule has 0 spiro atoms. The number of hydrogen-bond acceptors (Lipinski definition) is 5. The van der Waals surface area contributed by atoms with Crippen molar-refractivity contribution in [2.45, 2.75) is 56.0 Å². The number of amides is 2. The third kappa shape index (κ3) is 5.36. The molecule has 2 fully saturated rings. The first-order valence-corrected chi connectivity index (χ1v) is 12.0. The molecular formula is C25H23F5N6O2. The number of H-pyrrole nitrogens is 1. The van der Waals surface area contributed by atoms with Crippen molar-refractivity contribution in [1.29, 1.82) is 0 Å². The molecule has 0 radical (unpaired) electrons. The molecule has 0 bridgehead atoms. The van der Waals surface area contributed by atoms with Gasteiger partial charge in [-0.25, -0.2) is 9.37 Å². The fourth-order valence-electron chi connectivity index (χ4n) is 4.69. The Bertz CT molecular complexity index is 1330. The molecule has 1 saturated heterocycles. The van der Waals surface area contributed by atoms with Crippen LogP contribution in [0.25, 0.3) is 0 Å². The van der Waals surface area contributed by atoms with Crippen molar-refractivity contribution in [3.05, 3.63) is 76.6 Å². The third-order valence-electron chi connectivity index (χ3n) is 6.72. The van der Waals surface area contributed by atoms with Gasteiger partial charge in [0.25, 0.3) is 0 Å². The predicted octanol–water partition coefficient (Wildman–Crippen LogP) is 3.62. The van der Waals surface area contributed by atoms with Crippen LogP contribution in [0.15, 0.2) is 42.5 Å². The highest BCUT2D eigenvalue weighted by Crippen LogP contribution is 2.41. The summed E-state index contributed by atoms with van der Waals surface area (Å²) in [6.45, 7) is -0.460. The van der Waals surface area contributed by atoms with Crippen molar-refractivity contribution < 1.29 is 31.5 Å². The van der Waals surface area contributed by atoms with Gasteiger partial charge in [0.05, 0.1) is 30.4 Å². The number of alkyl halides is 4. The Morgan fingerprint density at radius 3 is 2.53 bits per heavy atom. The SMILES string of the molecule is O=C(N[C@@H](c1ccccc1)c1ccc(C2CC2)c(F)n1)[C@@H]1C[C@@H](F)CN1C(=O)Cc1[nH]nnc1C(F)(F)F. The number of pyridine rings is 1. The molecule has 2 N–H and O–H groups in total. The van der Waals surface area contributed by atoms with Gasteiger partial charge in [-0.15, -0.1) is 5.10 Å². The Morgan fingerprint density at radius 1 is 1.13 bits per heavy atom. The van der Waals surface area contributed by atoms with E-state index in [2.05, 4.69) is 25.7 Å². The van der Waals surface area contributed by atoms with Crippen LogP contribution in [0.1, 0.15) is 59.4 Å². The van der Waals surface area contributed by atoms with Gasteiger partial charge < -0.3 is 10.2 Å². The number of hydrogen-bond donors (Lipinski definition) is 2. The van der Waals surface area contributed by atoms with Gasteiger partial charge in [0, 0.05) is 12.0 Å². The lowest BCUT2D eigenvalue weighted by Crippen LogP contribution is -2.47. The van der Waals surface area contributed by atoms with E-state index < -0.39 is 66.5 Å². The number of aromatic nitrogens is 4. The smallest absolute Gasteiger partial charge is 0.342 e. The summed E-state index contributed by atoms with van der Waals surface area (Å²) in [4.78, 5) is 31.3. The van der Waals surface area contributed by atoms with Gasteiger partial charge >= 0.3 is 6.18 Å². The highest BCUT2D eigenvalue weighted by Gasteiger charge is 2.43. The highest BCUT2D eigenvalue weighted by molar-refractivity contribution is 5.89. The summed E-state index contributed by atoms with van der Waals surface area (Å²) >= 11 is 0. The van der Waals surface area contributed by atoms with E-state index in [9.17, 15) is 31.5 Å². The molecule has 2 amide bonds. The molecule has 3 aromatic rings. The first kappa shape index (κ1) is 25.7. The molecule has 2 aliphatic rings. The molecule has 200 valence electrons. The number of halogens is 5. The molecular weight excluding hydrogens is 511 g/mol. The topological polar surface area (TPSA) is 104 Å². The van der Waals surface area contributed by atoms with E-state index in [1.54, 1.807) is 42.5 Å². The zero-order valence-electron chi connectivity index (χ0n) is 19.9. The molecule has 1 aromatic carbocycles. The van der Waals surface area contributed by atoms with Crippen LogP contribution >= 0.6 is 0 Å². The van der Waals surface area contributed by atoms with Gasteiger partial charge in [-0.3, -0.25) is 14.7 Å². The predicted molar refractivity (Wildman–Crippen MR) is 123 cm³/mol. The molecule has 1 saturated carbocycles. The lowest BCUT2D eigenvalue weighted by Gasteiger charge is -2.26. The van der Waals surface area contributed by atoms with Crippen LogP contribution in [0.2, 0.25) is 0 Å². The second kappa shape index (κ2) is 10.1. The molecule has 5 rings (SSSR count). The average molecular weight is 534 g/mol. The number of nitrogens with one attached hydrogen (secondary N) is 2. The standard InChI is InChI=1S/C25H23F5N6O2/c26-15-10-19(36(12-15)20(37)11-18-22(25(28,29)30)34-35-33-18)24(38)32-21(14-4-2-1-3-5-14)17-9-8-16(13-6-7-13)23(27)31-17/h1-5,8-9,13,15,19,21H,6-7,10-12H2,(H,32,38)(H,33,34,35)/t15-,19+,21+/m1/s1. The Hall–Kier alpha value is -3.90. The molecule has 0 unspecified atom stereocenters. The molecule has 2 aromatic heterocycles. The molecule has 8 nitrogen and oxygen atoms in total. The Kier molecular flexibility index (Phi) is 6.84. The van der Waals surface area contributed by atoms with Gasteiger partial charge in [0.15, 0.2) is 5.69 Å². The highest BCUT2D eigenvalue weighted by atomic mass is 19.4. The van der Waals surface area contributed by atoms with Crippen LogP contribution in [0.4, 0.5) is 22.0 Å². The maximum atomic E-state index is 14.8. The van der Waals surface area contributed by atoms with Crippen LogP contribution in [0, 0.1) is 5.95 Å². The van der Waals surface area contributed by atoms with E-state index in [1.807, 2.05) is 0 Å². The van der Waals surface area contributed by atoms with E-state index in [4.69, 9.17) is 0 Å². The van der Waals surface area contributed by atoms with Crippen molar-refractivity contribution in [3.8, 4) is 0 Å². The van der Waals surface area contributed by atoms with Crippen LogP contribution in [-0.4, -0.2) is 55.9 Å². The van der Waals surface area contributed by atoms with Gasteiger partial charge in [-0.05, 0) is 30.4 Å². The third-order valence-corrected chi connectivity index (χ3v) is 6.72. The van der Waals surface area contributed by atoms with Crippen molar-refractivity contribution in [3.63, 3.8) is 0 Å². The Balaban J connectivity index is 1.37. The molecule has 3 atom stereocenters. The Morgan fingerprint density at radius 2 is 1.87 bits per heavy atom. The number of carbonyl (C=O) groups is 2. The van der Waals surface area contributed by atoms with Gasteiger partial charge in [0.2, 0.25) is 17.8 Å². The van der Waals surface area contributed by atoms with Crippen molar-refractivity contribution in [2.24, 2.45) is 0 Å². The quantitative estimate of drug-likeness (QED) is 0.356. The number of nitrogens with zero attached hydrogens (tertiary/aromatic N) is 4. The van der Waals surface area contributed by atoms with E-state index in [1.165, 1.54) is 0 Å². The number of aromatic amines is 1. The lowest BCUT2D eigenvalue weighted by atomic mass is 10.0. The minimum atomic E-state index is -4.84. The van der Waals surface area contributed by atoms with Crippen LogP contribution < -0.4 is 5.32 Å². The first-order valence-electron chi connectivity index (χ1n) is 12.0. The Labute approximate surface area is 213 Å². The minimum Gasteiger partial charge on any atom is -0.342 e. The van der Waals surface area contributed by atoms with Gasteiger partial charge in [0.1, 0.15) is 12.2 Å². The molecule has 1 aliphatic heterocycles. The van der Waals surface area contributed by atoms with Crippen molar-refractivity contribution in [2.75, 3.05) is 6.54 Å². The van der Waals surface area contributed by atoms with Crippen molar-refractivity contribution >= 4 is 11.8 Å². The monoisotopic (exact) mass is 534 g/mol. The minimum absolute atomic E-state index is 0.129. The summed E-state index contributed by atoms with van der Waals surface area (Å²) in [5.74, 6) is -2.13. The molecule has 13 heteroatoms. The van der Waals surface area contributed by atoms with Crippen LogP contribution in [0.5, 0.6) is 0 Å². The summed E-state index contributed by atoms with van der Waals surface area (Å²) in [5, 5.41) is 10.9. The summed E-state index contributed by atoms with van der Waals surface area (Å²) in [5.41, 5.74) is -0.627. The van der Waals surface area contributed by atoms with Crippen molar-refractivity contribution in [1.82, 2.24) is 30.6 Å². The lowest BCUT2D eigenvalue weighted by molar-refractivity contribution is -0.143. The van der Waals surface area contributed by atoms with E-state index in [0.29, 0.717) is 11.1 Å². The molecule has 38 heavy (non-hydrogen) atoms. The summed E-state index contributed by atoms with van der Waals surface area (Å²) in [6, 6.07) is 9.69. The largest absolute Gasteiger partial charge is 0.437 e. The molecule has 3 heterocycles. The van der Waals surface area contributed by atoms with Gasteiger partial charge in [-0.1, -0.05) is 41.6 Å². The zero-order valence-corrected chi connectivity index (χ0v) is 19.9. The van der Waals surface area contributed by atoms with Crippen LogP contribution in [-0.2, 0) is 22.2 Å². The summed E-state index contributed by atoms with van der Waals surface area (Å²) < 4.78 is 68.6. The fourth-order valence-corrected chi connectivity index (χ4v) is 4.69. The van der Waals surface area contributed by atoms with Gasteiger partial charge in [-0.2, -0.15) is 17.6 Å². The van der Waals surface area contributed by atoms with E-state index in [0.717, 1.165) is 17.7 Å². The number of carbonyl (C=O) groups excluding carboxylic acids is 2. The molecule has 1 aliphatic carbocycles. The maximum Gasteiger partial charge on any atom is 0.437 e. The van der Waals surface area contributed by atoms with E-state index >= 15 is 0 Å². The number of rotatable bonds is 7. The average Bonchev–Trinajstić information content (AvgIpc) is 3.46. The normalized spacial score (nSPS) is 20.4. The second-order valence-electron chi connectivity index (χ2n) is 9.45. The first-order chi connectivity index (χ1) is 18.1. The summed E-state index contributed by atoms with van der Waals surface area (Å²) in [6.07, 6.45) is -5.77.